The van der Waals surface area contributed by atoms with E-state index in [2.05, 4.69) is 13.8 Å². The number of rotatable bonds is 2. The van der Waals surface area contributed by atoms with Gasteiger partial charge < -0.3 is 5.73 Å². The minimum atomic E-state index is -0.176. The first-order chi connectivity index (χ1) is 7.99. The molecule has 3 atom stereocenters. The van der Waals surface area contributed by atoms with E-state index in [0.717, 1.165) is 24.3 Å². The Hall–Kier alpha value is -0.890. The van der Waals surface area contributed by atoms with Gasteiger partial charge in [0.25, 0.3) is 0 Å². The summed E-state index contributed by atoms with van der Waals surface area (Å²) in [4.78, 5) is 0. The maximum Gasteiger partial charge on any atom is 0.123 e. The van der Waals surface area contributed by atoms with Crippen LogP contribution in [0.15, 0.2) is 24.3 Å². The van der Waals surface area contributed by atoms with Crippen molar-refractivity contribution in [2.24, 2.45) is 17.6 Å². The first-order valence-electron chi connectivity index (χ1n) is 6.53. The lowest BCUT2D eigenvalue weighted by Crippen LogP contribution is -2.51. The summed E-state index contributed by atoms with van der Waals surface area (Å²) in [6.07, 6.45) is 4.35. The smallest absolute Gasteiger partial charge is 0.123 e. The summed E-state index contributed by atoms with van der Waals surface area (Å²) in [5, 5.41) is 0. The standard InChI is InChI=1S/C15H22FN/c1-11-7-8-15(17,12(2)9-11)10-13-3-5-14(16)6-4-13/h3-6,11-12H,7-10,17H2,1-2H3. The lowest BCUT2D eigenvalue weighted by Gasteiger charge is -2.42. The fourth-order valence-electron chi connectivity index (χ4n) is 2.96. The molecule has 1 aromatic rings. The van der Waals surface area contributed by atoms with Gasteiger partial charge in [-0.05, 0) is 55.2 Å². The van der Waals surface area contributed by atoms with Crippen LogP contribution in [0.25, 0.3) is 0 Å². The topological polar surface area (TPSA) is 26.0 Å². The van der Waals surface area contributed by atoms with Gasteiger partial charge in [0.15, 0.2) is 0 Å². The SMILES string of the molecule is CC1CCC(N)(Cc2ccc(F)cc2)C(C)C1. The molecule has 2 heteroatoms. The lowest BCUT2D eigenvalue weighted by atomic mass is 9.68. The summed E-state index contributed by atoms with van der Waals surface area (Å²) in [7, 11) is 0. The molecule has 0 aromatic heterocycles. The van der Waals surface area contributed by atoms with E-state index in [1.54, 1.807) is 0 Å². The fraction of sp³-hybridized carbons (Fsp3) is 0.600. The van der Waals surface area contributed by atoms with Gasteiger partial charge in [0, 0.05) is 5.54 Å². The van der Waals surface area contributed by atoms with Gasteiger partial charge in [-0.2, -0.15) is 0 Å². The van der Waals surface area contributed by atoms with Crippen LogP contribution in [0.3, 0.4) is 0 Å². The van der Waals surface area contributed by atoms with Crippen LogP contribution in [0.5, 0.6) is 0 Å². The number of hydrogen-bond acceptors (Lipinski definition) is 1. The van der Waals surface area contributed by atoms with Crippen LogP contribution in [-0.4, -0.2) is 5.54 Å². The second-order valence-electron chi connectivity index (χ2n) is 5.82. The minimum absolute atomic E-state index is 0.107. The minimum Gasteiger partial charge on any atom is -0.325 e. The number of hydrogen-bond donors (Lipinski definition) is 1. The van der Waals surface area contributed by atoms with E-state index in [1.165, 1.54) is 25.0 Å². The van der Waals surface area contributed by atoms with E-state index >= 15 is 0 Å². The van der Waals surface area contributed by atoms with E-state index in [0.29, 0.717) is 5.92 Å². The highest BCUT2D eigenvalue weighted by molar-refractivity contribution is 5.19. The molecule has 1 aromatic carbocycles. The molecule has 1 saturated carbocycles. The van der Waals surface area contributed by atoms with E-state index < -0.39 is 0 Å². The van der Waals surface area contributed by atoms with Gasteiger partial charge in [-0.1, -0.05) is 26.0 Å². The van der Waals surface area contributed by atoms with E-state index in [1.807, 2.05) is 12.1 Å². The molecule has 94 valence electrons. The zero-order valence-corrected chi connectivity index (χ0v) is 10.7. The van der Waals surface area contributed by atoms with Crippen molar-refractivity contribution < 1.29 is 4.39 Å². The molecule has 17 heavy (non-hydrogen) atoms. The summed E-state index contributed by atoms with van der Waals surface area (Å²) in [6.45, 7) is 4.55. The molecule has 1 aliphatic rings. The van der Waals surface area contributed by atoms with Gasteiger partial charge in [-0.15, -0.1) is 0 Å². The number of benzene rings is 1. The third-order valence-corrected chi connectivity index (χ3v) is 4.29. The first kappa shape index (κ1) is 12.6. The Bertz CT molecular complexity index is 373. The molecular formula is C15H22FN. The molecule has 3 unspecified atom stereocenters. The Morgan fingerprint density at radius 1 is 1.29 bits per heavy atom. The number of nitrogens with two attached hydrogens (primary N) is 1. The molecule has 0 spiro atoms. The Morgan fingerprint density at radius 2 is 1.94 bits per heavy atom. The summed E-state index contributed by atoms with van der Waals surface area (Å²) >= 11 is 0. The summed E-state index contributed by atoms with van der Waals surface area (Å²) in [5.74, 6) is 1.15. The maximum atomic E-state index is 12.9. The van der Waals surface area contributed by atoms with Crippen LogP contribution in [0, 0.1) is 17.7 Å². The highest BCUT2D eigenvalue weighted by Gasteiger charge is 2.36. The van der Waals surface area contributed by atoms with Crippen LogP contribution in [0.4, 0.5) is 4.39 Å². The Labute approximate surface area is 103 Å². The van der Waals surface area contributed by atoms with Crippen LogP contribution in [0.2, 0.25) is 0 Å². The second-order valence-corrected chi connectivity index (χ2v) is 5.82. The second kappa shape index (κ2) is 4.77. The molecule has 1 aliphatic carbocycles. The van der Waals surface area contributed by atoms with Crippen molar-refractivity contribution >= 4 is 0 Å². The predicted octanol–water partition coefficient (Wildman–Crippen LogP) is 3.52. The fourth-order valence-corrected chi connectivity index (χ4v) is 2.96. The van der Waals surface area contributed by atoms with Crippen molar-refractivity contribution in [3.8, 4) is 0 Å². The molecule has 1 fully saturated rings. The van der Waals surface area contributed by atoms with E-state index in [4.69, 9.17) is 5.73 Å². The van der Waals surface area contributed by atoms with Crippen molar-refractivity contribution in [1.82, 2.24) is 0 Å². The van der Waals surface area contributed by atoms with Gasteiger partial charge in [-0.3, -0.25) is 0 Å². The highest BCUT2D eigenvalue weighted by atomic mass is 19.1. The largest absolute Gasteiger partial charge is 0.325 e. The Morgan fingerprint density at radius 3 is 2.53 bits per heavy atom. The maximum absolute atomic E-state index is 12.9. The molecule has 0 heterocycles. The van der Waals surface area contributed by atoms with Gasteiger partial charge >= 0.3 is 0 Å². The third kappa shape index (κ3) is 2.86. The van der Waals surface area contributed by atoms with Crippen LogP contribution in [0.1, 0.15) is 38.7 Å². The Balaban J connectivity index is 2.09. The molecule has 0 bridgehead atoms. The summed E-state index contributed by atoms with van der Waals surface area (Å²) < 4.78 is 12.9. The molecule has 2 N–H and O–H groups in total. The van der Waals surface area contributed by atoms with Crippen LogP contribution in [-0.2, 0) is 6.42 Å². The van der Waals surface area contributed by atoms with Gasteiger partial charge in [0.05, 0.1) is 0 Å². The molecule has 0 saturated heterocycles. The first-order valence-corrected chi connectivity index (χ1v) is 6.53. The normalized spacial score (nSPS) is 33.6. The van der Waals surface area contributed by atoms with Gasteiger partial charge in [-0.25, -0.2) is 4.39 Å². The van der Waals surface area contributed by atoms with E-state index in [-0.39, 0.29) is 11.4 Å². The monoisotopic (exact) mass is 235 g/mol. The summed E-state index contributed by atoms with van der Waals surface area (Å²) in [6, 6.07) is 6.76. The van der Waals surface area contributed by atoms with E-state index in [9.17, 15) is 4.39 Å². The van der Waals surface area contributed by atoms with Crippen LogP contribution >= 0.6 is 0 Å². The average molecular weight is 235 g/mol. The quantitative estimate of drug-likeness (QED) is 0.834. The highest BCUT2D eigenvalue weighted by Crippen LogP contribution is 2.37. The lowest BCUT2D eigenvalue weighted by molar-refractivity contribution is 0.163. The van der Waals surface area contributed by atoms with Crippen LogP contribution < -0.4 is 5.73 Å². The summed E-state index contributed by atoms with van der Waals surface area (Å²) in [5.41, 5.74) is 7.58. The van der Waals surface area contributed by atoms with Crippen molar-refractivity contribution in [2.75, 3.05) is 0 Å². The zero-order chi connectivity index (χ0) is 12.5. The van der Waals surface area contributed by atoms with Crippen molar-refractivity contribution in [3.63, 3.8) is 0 Å². The molecule has 0 aliphatic heterocycles. The molecule has 0 amide bonds. The third-order valence-electron chi connectivity index (χ3n) is 4.29. The van der Waals surface area contributed by atoms with Crippen molar-refractivity contribution in [3.05, 3.63) is 35.6 Å². The predicted molar refractivity (Wildman–Crippen MR) is 69.2 cm³/mol. The molecular weight excluding hydrogens is 213 g/mol. The van der Waals surface area contributed by atoms with Crippen molar-refractivity contribution in [2.45, 2.75) is 45.1 Å². The molecule has 1 nitrogen and oxygen atoms in total. The zero-order valence-electron chi connectivity index (χ0n) is 10.7. The number of halogens is 1. The van der Waals surface area contributed by atoms with Crippen molar-refractivity contribution in [1.29, 1.82) is 0 Å². The van der Waals surface area contributed by atoms with Gasteiger partial charge in [0.1, 0.15) is 5.82 Å². The average Bonchev–Trinajstić information content (AvgIpc) is 2.28. The molecule has 2 rings (SSSR count). The Kier molecular flexibility index (Phi) is 3.53. The van der Waals surface area contributed by atoms with Gasteiger partial charge in [0.2, 0.25) is 0 Å². The molecule has 0 radical (unpaired) electrons.